The summed E-state index contributed by atoms with van der Waals surface area (Å²) >= 11 is 5.93. The van der Waals surface area contributed by atoms with Gasteiger partial charge in [0.15, 0.2) is 5.78 Å². The lowest BCUT2D eigenvalue weighted by molar-refractivity contribution is -0.118. The van der Waals surface area contributed by atoms with E-state index in [1.165, 1.54) is 0 Å². The van der Waals surface area contributed by atoms with Crippen molar-refractivity contribution < 1.29 is 9.59 Å². The fourth-order valence-corrected chi connectivity index (χ4v) is 3.51. The number of anilines is 2. The minimum atomic E-state index is -0.155. The summed E-state index contributed by atoms with van der Waals surface area (Å²) in [6.07, 6.45) is 3.45. The van der Waals surface area contributed by atoms with Crippen molar-refractivity contribution in [1.29, 1.82) is 0 Å². The second-order valence-electron chi connectivity index (χ2n) is 7.22. The Balaban J connectivity index is 1.56. The Morgan fingerprint density at radius 3 is 2.47 bits per heavy atom. The Labute approximate surface area is 190 Å². The second kappa shape index (κ2) is 9.58. The van der Waals surface area contributed by atoms with Gasteiger partial charge in [-0.25, -0.2) is 0 Å². The quantitative estimate of drug-likeness (QED) is 0.407. The van der Waals surface area contributed by atoms with E-state index in [1.54, 1.807) is 66.8 Å². The van der Waals surface area contributed by atoms with Gasteiger partial charge < -0.3 is 10.2 Å². The van der Waals surface area contributed by atoms with E-state index >= 15 is 0 Å². The van der Waals surface area contributed by atoms with E-state index in [9.17, 15) is 9.59 Å². The smallest absolute Gasteiger partial charge is 0.228 e. The van der Waals surface area contributed by atoms with Crippen molar-refractivity contribution in [2.75, 3.05) is 23.8 Å². The van der Waals surface area contributed by atoms with E-state index in [-0.39, 0.29) is 18.1 Å². The molecule has 0 aliphatic carbocycles. The van der Waals surface area contributed by atoms with E-state index in [0.717, 1.165) is 5.69 Å². The Hall–Kier alpha value is -3.77. The molecule has 1 amide bonds. The first-order valence-electron chi connectivity index (χ1n) is 10.1. The third kappa shape index (κ3) is 4.60. The molecule has 160 valence electrons. The fourth-order valence-electron chi connectivity index (χ4n) is 3.39. The van der Waals surface area contributed by atoms with E-state index in [1.807, 2.05) is 24.3 Å². The average Bonchev–Trinajstić information content (AvgIpc) is 2.84. The molecule has 1 N–H and O–H groups in total. The van der Waals surface area contributed by atoms with Crippen molar-refractivity contribution in [2.45, 2.75) is 6.42 Å². The zero-order valence-electron chi connectivity index (χ0n) is 17.5. The SMILES string of the molecule is CN(C(=O)CCNc1c(C(=O)c2ccccc2)cnc2cccnc12)c1ccc(Cl)cc1. The van der Waals surface area contributed by atoms with Gasteiger partial charge in [0, 0.05) is 48.7 Å². The molecule has 2 aromatic heterocycles. The molecule has 0 saturated heterocycles. The first-order valence-corrected chi connectivity index (χ1v) is 10.5. The maximum absolute atomic E-state index is 13.1. The lowest BCUT2D eigenvalue weighted by atomic mass is 10.0. The van der Waals surface area contributed by atoms with Crippen LogP contribution in [0.25, 0.3) is 11.0 Å². The van der Waals surface area contributed by atoms with Crippen molar-refractivity contribution in [1.82, 2.24) is 9.97 Å². The number of amides is 1. The summed E-state index contributed by atoms with van der Waals surface area (Å²) in [5, 5.41) is 3.88. The number of hydrogen-bond acceptors (Lipinski definition) is 5. The van der Waals surface area contributed by atoms with Crippen LogP contribution in [0.2, 0.25) is 5.02 Å². The number of fused-ring (bicyclic) bond motifs is 1. The molecule has 7 heteroatoms. The number of ketones is 1. The number of aromatic nitrogens is 2. The zero-order chi connectivity index (χ0) is 22.5. The molecule has 0 radical (unpaired) electrons. The van der Waals surface area contributed by atoms with Crippen molar-refractivity contribution in [3.8, 4) is 0 Å². The van der Waals surface area contributed by atoms with E-state index in [0.29, 0.717) is 39.4 Å². The minimum Gasteiger partial charge on any atom is -0.382 e. The van der Waals surface area contributed by atoms with Crippen LogP contribution >= 0.6 is 11.6 Å². The first-order chi connectivity index (χ1) is 15.5. The van der Waals surface area contributed by atoms with Gasteiger partial charge in [0.05, 0.1) is 16.8 Å². The molecule has 0 bridgehead atoms. The molecule has 4 aromatic rings. The van der Waals surface area contributed by atoms with Gasteiger partial charge in [0.1, 0.15) is 5.52 Å². The summed E-state index contributed by atoms with van der Waals surface area (Å²) in [6, 6.07) is 19.7. The van der Waals surface area contributed by atoms with Crippen LogP contribution in [0.15, 0.2) is 79.1 Å². The van der Waals surface area contributed by atoms with Gasteiger partial charge >= 0.3 is 0 Å². The van der Waals surface area contributed by atoms with Crippen molar-refractivity contribution >= 4 is 45.7 Å². The standard InChI is InChI=1S/C25H21ClN4O2/c1-30(19-11-9-18(26)10-12-19)22(31)13-15-28-23-20(25(32)17-6-3-2-4-7-17)16-29-21-8-5-14-27-24(21)23/h2-12,14,16H,13,15H2,1H3,(H,28,29). The molecule has 0 fully saturated rings. The molecular weight excluding hydrogens is 424 g/mol. The number of nitrogens with one attached hydrogen (secondary N) is 1. The Morgan fingerprint density at radius 1 is 0.969 bits per heavy atom. The number of halogens is 1. The lowest BCUT2D eigenvalue weighted by Crippen LogP contribution is -2.28. The van der Waals surface area contributed by atoms with Crippen molar-refractivity contribution in [2.24, 2.45) is 0 Å². The second-order valence-corrected chi connectivity index (χ2v) is 7.66. The minimum absolute atomic E-state index is 0.0675. The molecule has 0 aliphatic heterocycles. The highest BCUT2D eigenvalue weighted by molar-refractivity contribution is 6.30. The number of pyridine rings is 2. The van der Waals surface area contributed by atoms with Crippen LogP contribution in [0, 0.1) is 0 Å². The van der Waals surface area contributed by atoms with Crippen LogP contribution in [0.5, 0.6) is 0 Å². The lowest BCUT2D eigenvalue weighted by Gasteiger charge is -2.18. The third-order valence-corrected chi connectivity index (χ3v) is 5.39. The summed E-state index contributed by atoms with van der Waals surface area (Å²) in [5.74, 6) is -0.222. The molecule has 0 aliphatic rings. The van der Waals surface area contributed by atoms with Crippen LogP contribution in [0.3, 0.4) is 0 Å². The molecule has 6 nitrogen and oxygen atoms in total. The Morgan fingerprint density at radius 2 is 1.72 bits per heavy atom. The topological polar surface area (TPSA) is 75.2 Å². The number of benzene rings is 2. The summed E-state index contributed by atoms with van der Waals surface area (Å²) in [4.78, 5) is 36.2. The summed E-state index contributed by atoms with van der Waals surface area (Å²) < 4.78 is 0. The Kier molecular flexibility index (Phi) is 6.42. The largest absolute Gasteiger partial charge is 0.382 e. The number of hydrogen-bond donors (Lipinski definition) is 1. The molecule has 2 aromatic carbocycles. The molecule has 0 saturated carbocycles. The van der Waals surface area contributed by atoms with Gasteiger partial charge in [-0.05, 0) is 36.4 Å². The fraction of sp³-hybridized carbons (Fsp3) is 0.120. The third-order valence-electron chi connectivity index (χ3n) is 5.13. The summed E-state index contributed by atoms with van der Waals surface area (Å²) in [5.41, 5.74) is 3.57. The predicted molar refractivity (Wildman–Crippen MR) is 127 cm³/mol. The maximum Gasteiger partial charge on any atom is 0.228 e. The van der Waals surface area contributed by atoms with Crippen LogP contribution in [-0.4, -0.2) is 35.3 Å². The molecule has 0 unspecified atom stereocenters. The van der Waals surface area contributed by atoms with Crippen molar-refractivity contribution in [3.63, 3.8) is 0 Å². The van der Waals surface area contributed by atoms with Gasteiger partial charge in [-0.15, -0.1) is 0 Å². The van der Waals surface area contributed by atoms with Gasteiger partial charge in [-0.1, -0.05) is 41.9 Å². The monoisotopic (exact) mass is 444 g/mol. The summed E-state index contributed by atoms with van der Waals surface area (Å²) in [6.45, 7) is 0.335. The van der Waals surface area contributed by atoms with Crippen LogP contribution in [0.4, 0.5) is 11.4 Å². The Bertz CT molecular complexity index is 1260. The van der Waals surface area contributed by atoms with Crippen molar-refractivity contribution in [3.05, 3.63) is 95.3 Å². The van der Waals surface area contributed by atoms with Gasteiger partial charge in [0.2, 0.25) is 5.91 Å². The zero-order valence-corrected chi connectivity index (χ0v) is 18.2. The first kappa shape index (κ1) is 21.5. The number of nitrogens with zero attached hydrogens (tertiary/aromatic N) is 3. The van der Waals surface area contributed by atoms with Gasteiger partial charge in [-0.2, -0.15) is 0 Å². The van der Waals surface area contributed by atoms with E-state index in [4.69, 9.17) is 11.6 Å². The highest BCUT2D eigenvalue weighted by atomic mass is 35.5. The summed E-state index contributed by atoms with van der Waals surface area (Å²) in [7, 11) is 1.72. The van der Waals surface area contributed by atoms with Crippen LogP contribution < -0.4 is 10.2 Å². The molecular formula is C25H21ClN4O2. The number of carbonyl (C=O) groups excluding carboxylic acids is 2. The van der Waals surface area contributed by atoms with Gasteiger partial charge in [-0.3, -0.25) is 19.6 Å². The number of rotatable bonds is 7. The van der Waals surface area contributed by atoms with E-state index in [2.05, 4.69) is 15.3 Å². The maximum atomic E-state index is 13.1. The molecule has 2 heterocycles. The molecule has 0 spiro atoms. The highest BCUT2D eigenvalue weighted by Crippen LogP contribution is 2.26. The molecule has 0 atom stereocenters. The number of carbonyl (C=O) groups is 2. The van der Waals surface area contributed by atoms with Gasteiger partial charge in [0.25, 0.3) is 0 Å². The predicted octanol–water partition coefficient (Wildman–Crippen LogP) is 4.98. The molecule has 4 rings (SSSR count). The average molecular weight is 445 g/mol. The van der Waals surface area contributed by atoms with Crippen LogP contribution in [0.1, 0.15) is 22.3 Å². The van der Waals surface area contributed by atoms with E-state index < -0.39 is 0 Å². The highest BCUT2D eigenvalue weighted by Gasteiger charge is 2.18. The van der Waals surface area contributed by atoms with Crippen LogP contribution in [-0.2, 0) is 4.79 Å². The molecule has 32 heavy (non-hydrogen) atoms. The normalized spacial score (nSPS) is 10.7.